The number of hydrogen-bond donors (Lipinski definition) is 1. The number of fused-ring (bicyclic) bond motifs is 2. The van der Waals surface area contributed by atoms with E-state index in [1.807, 2.05) is 6.92 Å². The van der Waals surface area contributed by atoms with E-state index in [1.54, 1.807) is 30.0 Å². The van der Waals surface area contributed by atoms with Gasteiger partial charge in [-0.2, -0.15) is 5.26 Å². The third-order valence-electron chi connectivity index (χ3n) is 7.10. The van der Waals surface area contributed by atoms with Crippen molar-refractivity contribution in [1.29, 1.82) is 5.26 Å². The molecule has 0 aromatic heterocycles. The quantitative estimate of drug-likeness (QED) is 0.682. The van der Waals surface area contributed by atoms with E-state index in [1.165, 1.54) is 0 Å². The highest BCUT2D eigenvalue weighted by Gasteiger charge is 2.78. The molecule has 0 saturated carbocycles. The highest BCUT2D eigenvalue weighted by Crippen LogP contribution is 2.65. The van der Waals surface area contributed by atoms with E-state index in [9.17, 15) is 18.5 Å². The summed E-state index contributed by atoms with van der Waals surface area (Å²) in [7, 11) is -3.42. The zero-order chi connectivity index (χ0) is 21.5. The number of carbonyl (C=O) groups is 1. The molecule has 8 nitrogen and oxygen atoms in total. The van der Waals surface area contributed by atoms with Crippen molar-refractivity contribution in [2.24, 2.45) is 11.8 Å². The molecule has 6 atom stereocenters. The Labute approximate surface area is 183 Å². The van der Waals surface area contributed by atoms with Crippen LogP contribution in [0.5, 0.6) is 0 Å². The summed E-state index contributed by atoms with van der Waals surface area (Å²) in [5.74, 6) is -0.755. The van der Waals surface area contributed by atoms with Crippen LogP contribution in [0.3, 0.4) is 0 Å². The van der Waals surface area contributed by atoms with Crippen molar-refractivity contribution in [2.45, 2.75) is 50.2 Å². The molecule has 1 spiro atoms. The normalized spacial score (nSPS) is 39.3. The van der Waals surface area contributed by atoms with Crippen molar-refractivity contribution < 1.29 is 22.7 Å². The largest absolute Gasteiger partial charge is 0.366 e. The second-order valence-corrected chi connectivity index (χ2v) is 11.5. The summed E-state index contributed by atoms with van der Waals surface area (Å²) in [5.41, 5.74) is -0.390. The maximum absolute atomic E-state index is 13.6. The number of nitriles is 1. The van der Waals surface area contributed by atoms with Gasteiger partial charge in [0, 0.05) is 22.5 Å². The van der Waals surface area contributed by atoms with Crippen LogP contribution in [-0.4, -0.2) is 50.2 Å². The minimum Gasteiger partial charge on any atom is -0.366 e. The summed E-state index contributed by atoms with van der Waals surface area (Å²) in [5, 5.41) is 9.20. The molecule has 0 unspecified atom stereocenters. The average molecular weight is 496 g/mol. The summed E-state index contributed by atoms with van der Waals surface area (Å²) in [6.45, 7) is 3.88. The molecule has 10 heteroatoms. The van der Waals surface area contributed by atoms with E-state index in [0.29, 0.717) is 35.2 Å². The number of amides is 1. The van der Waals surface area contributed by atoms with Gasteiger partial charge in [-0.25, -0.2) is 13.1 Å². The number of sulfonamides is 1. The molecule has 4 fully saturated rings. The molecule has 0 aliphatic carbocycles. The van der Waals surface area contributed by atoms with Crippen molar-refractivity contribution in [3.8, 4) is 6.07 Å². The van der Waals surface area contributed by atoms with Crippen LogP contribution in [0.1, 0.15) is 32.3 Å². The van der Waals surface area contributed by atoms with Gasteiger partial charge in [0.1, 0.15) is 12.3 Å². The number of anilines is 1. The van der Waals surface area contributed by atoms with Crippen LogP contribution in [0.15, 0.2) is 22.7 Å². The molecule has 4 aliphatic rings. The van der Waals surface area contributed by atoms with Crippen LogP contribution in [0.2, 0.25) is 0 Å². The molecule has 5 rings (SSSR count). The van der Waals surface area contributed by atoms with Crippen LogP contribution < -0.4 is 9.62 Å². The zero-order valence-electron chi connectivity index (χ0n) is 16.6. The van der Waals surface area contributed by atoms with Crippen LogP contribution in [-0.2, 0) is 24.3 Å². The summed E-state index contributed by atoms with van der Waals surface area (Å²) >= 11 is 3.40. The molecule has 1 N–H and O–H groups in total. The number of nitrogens with one attached hydrogen (secondary N) is 1. The van der Waals surface area contributed by atoms with Crippen molar-refractivity contribution in [3.05, 3.63) is 28.2 Å². The first-order chi connectivity index (χ1) is 14.2. The molecular weight excluding hydrogens is 474 g/mol. The minimum absolute atomic E-state index is 0.00532. The monoisotopic (exact) mass is 495 g/mol. The third-order valence-corrected chi connectivity index (χ3v) is 9.16. The molecule has 1 amide bonds. The lowest BCUT2D eigenvalue weighted by Crippen LogP contribution is -2.61. The topological polar surface area (TPSA) is 109 Å². The maximum atomic E-state index is 13.6. The van der Waals surface area contributed by atoms with E-state index in [4.69, 9.17) is 9.47 Å². The SMILES string of the molecule is CCS(=O)(=O)N[C@@H]1C[C@@]2(C)O[C@@]13CCO[C@H]1[C@@H]3[C@@H]2C(=O)N1c1ccc(C#N)c(Br)c1. The fraction of sp³-hybridized carbons (Fsp3) is 0.600. The van der Waals surface area contributed by atoms with Gasteiger partial charge < -0.3 is 9.47 Å². The van der Waals surface area contributed by atoms with Crippen LogP contribution in [0, 0.1) is 23.2 Å². The van der Waals surface area contributed by atoms with Gasteiger partial charge in [0.15, 0.2) is 0 Å². The molecule has 0 radical (unpaired) electrons. The lowest BCUT2D eigenvalue weighted by atomic mass is 9.64. The third kappa shape index (κ3) is 2.59. The average Bonchev–Trinajstić information content (AvgIpc) is 3.25. The number of halogens is 1. The van der Waals surface area contributed by atoms with E-state index >= 15 is 0 Å². The Bertz CT molecular complexity index is 1090. The van der Waals surface area contributed by atoms with Gasteiger partial charge in [0.25, 0.3) is 0 Å². The first-order valence-corrected chi connectivity index (χ1v) is 12.4. The summed E-state index contributed by atoms with van der Waals surface area (Å²) < 4.78 is 40.7. The Morgan fingerprint density at radius 2 is 2.20 bits per heavy atom. The Balaban J connectivity index is 1.57. The molecule has 2 bridgehead atoms. The number of ether oxygens (including phenoxy) is 2. The molecule has 1 aromatic carbocycles. The Hall–Kier alpha value is -1.51. The number of hydrogen-bond acceptors (Lipinski definition) is 6. The number of nitrogens with zero attached hydrogens (tertiary/aromatic N) is 2. The van der Waals surface area contributed by atoms with Gasteiger partial charge in [0.2, 0.25) is 15.9 Å². The molecule has 160 valence electrons. The van der Waals surface area contributed by atoms with Gasteiger partial charge in [-0.05, 0) is 54.4 Å². The highest BCUT2D eigenvalue weighted by molar-refractivity contribution is 9.10. The molecule has 4 saturated heterocycles. The predicted octanol–water partition coefficient (Wildman–Crippen LogP) is 1.89. The number of rotatable bonds is 4. The second kappa shape index (κ2) is 6.50. The van der Waals surface area contributed by atoms with Gasteiger partial charge in [-0.3, -0.25) is 9.69 Å². The van der Waals surface area contributed by atoms with Gasteiger partial charge in [-0.15, -0.1) is 0 Å². The van der Waals surface area contributed by atoms with Crippen molar-refractivity contribution in [3.63, 3.8) is 0 Å². The Kier molecular flexibility index (Phi) is 4.42. The Morgan fingerprint density at radius 1 is 1.43 bits per heavy atom. The van der Waals surface area contributed by atoms with Gasteiger partial charge in [0.05, 0.1) is 41.1 Å². The van der Waals surface area contributed by atoms with Crippen LogP contribution in [0.4, 0.5) is 5.69 Å². The standard InChI is InChI=1S/C20H22BrN3O5S/c1-3-30(26,27)23-14-9-19(2)15-16-18(28-7-6-20(14,16)29-19)24(17(15)25)12-5-4-11(10-22)13(21)8-12/h4-5,8,14-16,18,23H,3,6-7,9H2,1-2H3/t14-,15-,16+,18+,19-,20+/m1/s1. The molecule has 30 heavy (non-hydrogen) atoms. The smallest absolute Gasteiger partial charge is 0.235 e. The van der Waals surface area contributed by atoms with E-state index < -0.39 is 33.4 Å². The summed E-state index contributed by atoms with van der Waals surface area (Å²) in [6.07, 6.45) is 0.457. The van der Waals surface area contributed by atoms with Crippen molar-refractivity contribution in [1.82, 2.24) is 4.72 Å². The van der Waals surface area contributed by atoms with E-state index in [-0.39, 0.29) is 23.6 Å². The molecule has 1 aromatic rings. The lowest BCUT2D eigenvalue weighted by molar-refractivity contribution is -0.143. The molecule has 4 heterocycles. The van der Waals surface area contributed by atoms with Crippen molar-refractivity contribution >= 4 is 37.5 Å². The lowest BCUT2D eigenvalue weighted by Gasteiger charge is -2.45. The first kappa shape index (κ1) is 20.4. The first-order valence-electron chi connectivity index (χ1n) is 10.0. The van der Waals surface area contributed by atoms with Gasteiger partial charge in [-0.1, -0.05) is 0 Å². The zero-order valence-corrected chi connectivity index (χ0v) is 19.0. The molecular formula is C20H22BrN3O5S. The predicted molar refractivity (Wildman–Crippen MR) is 111 cm³/mol. The van der Waals surface area contributed by atoms with E-state index in [0.717, 1.165) is 0 Å². The minimum atomic E-state index is -3.42. The second-order valence-electron chi connectivity index (χ2n) is 8.65. The Morgan fingerprint density at radius 3 is 2.87 bits per heavy atom. The van der Waals surface area contributed by atoms with Crippen molar-refractivity contribution in [2.75, 3.05) is 17.3 Å². The number of benzene rings is 1. The summed E-state index contributed by atoms with van der Waals surface area (Å²) in [4.78, 5) is 15.2. The van der Waals surface area contributed by atoms with Gasteiger partial charge >= 0.3 is 0 Å². The van der Waals surface area contributed by atoms with Crippen LogP contribution in [0.25, 0.3) is 0 Å². The fourth-order valence-electron chi connectivity index (χ4n) is 5.90. The maximum Gasteiger partial charge on any atom is 0.235 e. The van der Waals surface area contributed by atoms with E-state index in [2.05, 4.69) is 26.7 Å². The molecule has 4 aliphatic heterocycles. The van der Waals surface area contributed by atoms with Crippen LogP contribution >= 0.6 is 15.9 Å². The summed E-state index contributed by atoms with van der Waals surface area (Å²) in [6, 6.07) is 6.89. The number of carbonyl (C=O) groups excluding carboxylic acids is 1. The highest BCUT2D eigenvalue weighted by atomic mass is 79.9. The fourth-order valence-corrected chi connectivity index (χ4v) is 7.24.